The average Bonchev–Trinajstić information content (AvgIpc) is 2.34. The summed E-state index contributed by atoms with van der Waals surface area (Å²) in [6.45, 7) is 0.462. The molecule has 0 radical (unpaired) electrons. The topological polar surface area (TPSA) is 57.6 Å². The molecule has 4 fully saturated rings. The minimum Gasteiger partial charge on any atom is -0.481 e. The van der Waals surface area contributed by atoms with Gasteiger partial charge in [0.15, 0.2) is 0 Å². The van der Waals surface area contributed by atoms with Crippen LogP contribution in [0.15, 0.2) is 0 Å². The van der Waals surface area contributed by atoms with Gasteiger partial charge in [-0.1, -0.05) is 0 Å². The van der Waals surface area contributed by atoms with Crippen LogP contribution in [0, 0.1) is 10.8 Å². The van der Waals surface area contributed by atoms with Crippen LogP contribution in [-0.4, -0.2) is 40.9 Å². The minimum atomic E-state index is -2.67. The molecule has 4 rings (SSSR count). The fourth-order valence-corrected chi connectivity index (χ4v) is 3.84. The number of carboxylic acid groups (broad SMARTS) is 1. The summed E-state index contributed by atoms with van der Waals surface area (Å²) in [6, 6.07) is 0. The molecule has 19 heavy (non-hydrogen) atoms. The molecule has 0 aromatic carbocycles. The molecule has 1 saturated heterocycles. The van der Waals surface area contributed by atoms with Crippen LogP contribution in [-0.2, 0) is 9.59 Å². The first kappa shape index (κ1) is 12.8. The third-order valence-electron chi connectivity index (χ3n) is 4.94. The van der Waals surface area contributed by atoms with Gasteiger partial charge in [0.1, 0.15) is 0 Å². The van der Waals surface area contributed by atoms with E-state index in [1.54, 1.807) is 0 Å². The predicted molar refractivity (Wildman–Crippen MR) is 61.7 cm³/mol. The number of alkyl halides is 2. The normalized spacial score (nSPS) is 39.8. The van der Waals surface area contributed by atoms with Crippen LogP contribution in [0.5, 0.6) is 0 Å². The molecule has 1 amide bonds. The Kier molecular flexibility index (Phi) is 2.48. The summed E-state index contributed by atoms with van der Waals surface area (Å²) in [6.07, 6.45) is 1.05. The Labute approximate surface area is 109 Å². The summed E-state index contributed by atoms with van der Waals surface area (Å²) in [5.74, 6) is -3.60. The second kappa shape index (κ2) is 3.67. The van der Waals surface area contributed by atoms with Crippen LogP contribution in [0.4, 0.5) is 8.78 Å². The molecule has 3 aliphatic carbocycles. The van der Waals surface area contributed by atoms with Crippen LogP contribution in [0.3, 0.4) is 0 Å². The van der Waals surface area contributed by atoms with Gasteiger partial charge in [-0.3, -0.25) is 9.59 Å². The lowest BCUT2D eigenvalue weighted by Gasteiger charge is -2.67. The molecule has 1 N–H and O–H groups in total. The van der Waals surface area contributed by atoms with Crippen molar-refractivity contribution in [2.75, 3.05) is 13.1 Å². The number of aliphatic carboxylic acids is 1. The number of nitrogens with zero attached hydrogens (tertiary/aromatic N) is 1. The van der Waals surface area contributed by atoms with Crippen LogP contribution in [0.2, 0.25) is 0 Å². The number of carbonyl (C=O) groups is 2. The fraction of sp³-hybridized carbons (Fsp3) is 0.846. The summed E-state index contributed by atoms with van der Waals surface area (Å²) < 4.78 is 26.5. The first-order valence-electron chi connectivity index (χ1n) is 6.69. The van der Waals surface area contributed by atoms with Gasteiger partial charge in [0, 0.05) is 25.9 Å². The number of hydrogen-bond acceptors (Lipinski definition) is 2. The number of carboxylic acids is 1. The zero-order valence-electron chi connectivity index (χ0n) is 10.6. The van der Waals surface area contributed by atoms with E-state index in [0.29, 0.717) is 32.2 Å². The van der Waals surface area contributed by atoms with E-state index in [4.69, 9.17) is 5.11 Å². The molecule has 106 valence electrons. The molecule has 3 saturated carbocycles. The van der Waals surface area contributed by atoms with Gasteiger partial charge in [0.25, 0.3) is 0 Å². The lowest BCUT2D eigenvalue weighted by atomic mass is 9.34. The fourth-order valence-electron chi connectivity index (χ4n) is 3.84. The van der Waals surface area contributed by atoms with Gasteiger partial charge < -0.3 is 10.0 Å². The van der Waals surface area contributed by atoms with Crippen LogP contribution in [0.1, 0.15) is 38.5 Å². The van der Waals surface area contributed by atoms with E-state index in [2.05, 4.69) is 0 Å². The molecule has 0 aromatic heterocycles. The maximum atomic E-state index is 13.3. The molecular formula is C13H17F2NO3. The number of rotatable bonds is 2. The Morgan fingerprint density at radius 2 is 1.63 bits per heavy atom. The van der Waals surface area contributed by atoms with Gasteiger partial charge in [-0.2, -0.15) is 0 Å². The van der Waals surface area contributed by atoms with Crippen molar-refractivity contribution in [1.82, 2.24) is 4.90 Å². The largest absolute Gasteiger partial charge is 0.481 e. The first-order chi connectivity index (χ1) is 8.79. The number of halogens is 2. The Morgan fingerprint density at radius 1 is 1.00 bits per heavy atom. The molecule has 0 unspecified atom stereocenters. The van der Waals surface area contributed by atoms with E-state index in [1.165, 1.54) is 4.90 Å². The van der Waals surface area contributed by atoms with Crippen LogP contribution < -0.4 is 0 Å². The standard InChI is InChI=1S/C13H17F2NO3/c14-13(15)2-1-4-16(5-3-13)9(17)11-6-12(7-11,8-11)10(18)19/h1-8H2,(H,18,19). The van der Waals surface area contributed by atoms with E-state index >= 15 is 0 Å². The van der Waals surface area contributed by atoms with Crippen molar-refractivity contribution < 1.29 is 23.5 Å². The van der Waals surface area contributed by atoms with Crippen LogP contribution >= 0.6 is 0 Å². The van der Waals surface area contributed by atoms with Crippen molar-refractivity contribution in [2.24, 2.45) is 10.8 Å². The molecule has 0 aromatic rings. The number of amides is 1. The summed E-state index contributed by atoms with van der Waals surface area (Å²) in [4.78, 5) is 24.9. The molecule has 6 heteroatoms. The Bertz CT molecular complexity index is 429. The molecule has 1 heterocycles. The van der Waals surface area contributed by atoms with Gasteiger partial charge in [-0.05, 0) is 25.7 Å². The predicted octanol–water partition coefficient (Wildman–Crippen LogP) is 1.89. The molecule has 0 spiro atoms. The highest BCUT2D eigenvalue weighted by molar-refractivity contribution is 5.93. The molecule has 4 nitrogen and oxygen atoms in total. The zero-order valence-corrected chi connectivity index (χ0v) is 10.6. The van der Waals surface area contributed by atoms with E-state index < -0.39 is 22.7 Å². The van der Waals surface area contributed by atoms with E-state index in [9.17, 15) is 18.4 Å². The Hall–Kier alpha value is -1.20. The minimum absolute atomic E-state index is 0.0909. The van der Waals surface area contributed by atoms with Crippen molar-refractivity contribution >= 4 is 11.9 Å². The Balaban J connectivity index is 1.63. The van der Waals surface area contributed by atoms with Crippen molar-refractivity contribution in [2.45, 2.75) is 44.4 Å². The van der Waals surface area contributed by atoms with Gasteiger partial charge in [0.2, 0.25) is 11.8 Å². The van der Waals surface area contributed by atoms with Gasteiger partial charge in [-0.25, -0.2) is 8.78 Å². The van der Waals surface area contributed by atoms with E-state index in [-0.39, 0.29) is 25.3 Å². The highest BCUT2D eigenvalue weighted by atomic mass is 19.3. The lowest BCUT2D eigenvalue weighted by molar-refractivity contribution is -0.226. The van der Waals surface area contributed by atoms with Crippen molar-refractivity contribution in [3.05, 3.63) is 0 Å². The zero-order chi connectivity index (χ0) is 13.9. The van der Waals surface area contributed by atoms with Crippen molar-refractivity contribution in [3.63, 3.8) is 0 Å². The van der Waals surface area contributed by atoms with Crippen molar-refractivity contribution in [1.29, 1.82) is 0 Å². The molecule has 4 aliphatic rings. The third-order valence-corrected chi connectivity index (χ3v) is 4.94. The Morgan fingerprint density at radius 3 is 2.21 bits per heavy atom. The van der Waals surface area contributed by atoms with E-state index in [0.717, 1.165) is 0 Å². The number of carbonyl (C=O) groups excluding carboxylic acids is 1. The highest BCUT2D eigenvalue weighted by Gasteiger charge is 2.75. The van der Waals surface area contributed by atoms with Gasteiger partial charge >= 0.3 is 5.97 Å². The van der Waals surface area contributed by atoms with Gasteiger partial charge in [-0.15, -0.1) is 0 Å². The SMILES string of the molecule is O=C(O)C12CC(C(=O)N3CCCC(F)(F)CC3)(C1)C2. The lowest BCUT2D eigenvalue weighted by Crippen LogP contribution is -2.70. The second-order valence-electron chi connectivity index (χ2n) is 6.40. The maximum absolute atomic E-state index is 13.3. The van der Waals surface area contributed by atoms with Crippen molar-refractivity contribution in [3.8, 4) is 0 Å². The first-order valence-corrected chi connectivity index (χ1v) is 6.69. The molecular weight excluding hydrogens is 256 g/mol. The van der Waals surface area contributed by atoms with E-state index in [1.807, 2.05) is 0 Å². The summed E-state index contributed by atoms with van der Waals surface area (Å²) in [5, 5.41) is 9.03. The number of likely N-dealkylation sites (tertiary alicyclic amines) is 1. The summed E-state index contributed by atoms with van der Waals surface area (Å²) >= 11 is 0. The summed E-state index contributed by atoms with van der Waals surface area (Å²) in [7, 11) is 0. The molecule has 1 aliphatic heterocycles. The quantitative estimate of drug-likeness (QED) is 0.836. The highest BCUT2D eigenvalue weighted by Crippen LogP contribution is 2.73. The molecule has 2 bridgehead atoms. The smallest absolute Gasteiger partial charge is 0.309 e. The average molecular weight is 273 g/mol. The summed E-state index contributed by atoms with van der Waals surface area (Å²) in [5.41, 5.74) is -1.23. The maximum Gasteiger partial charge on any atom is 0.309 e. The molecule has 0 atom stereocenters. The third kappa shape index (κ3) is 1.75. The van der Waals surface area contributed by atoms with Gasteiger partial charge in [0.05, 0.1) is 10.8 Å². The monoisotopic (exact) mass is 273 g/mol. The van der Waals surface area contributed by atoms with Crippen LogP contribution in [0.25, 0.3) is 0 Å². The second-order valence-corrected chi connectivity index (χ2v) is 6.40. The number of hydrogen-bond donors (Lipinski definition) is 1.